The number of hydrogen-bond donors (Lipinski definition) is 1. The molecule has 1 aliphatic heterocycles. The van der Waals surface area contributed by atoms with Gasteiger partial charge in [0.15, 0.2) is 11.7 Å². The highest BCUT2D eigenvalue weighted by molar-refractivity contribution is 6.07. The van der Waals surface area contributed by atoms with Crippen LogP contribution in [0.3, 0.4) is 0 Å². The van der Waals surface area contributed by atoms with Crippen LogP contribution in [0.5, 0.6) is 0 Å². The smallest absolute Gasteiger partial charge is 0.255 e. The number of hydrogen-bond acceptors (Lipinski definition) is 4. The fraction of sp³-hybridized carbons (Fsp3) is 0.286. The minimum atomic E-state index is -0.281. The fourth-order valence-corrected chi connectivity index (χ4v) is 1.15. The van der Waals surface area contributed by atoms with Gasteiger partial charge in [0, 0.05) is 6.92 Å². The minimum absolute atomic E-state index is 0.151. The SMILES string of the molecule is Cc1nc2c(o1)CC(=O)N=C2N. The maximum atomic E-state index is 10.9. The molecule has 62 valence electrons. The summed E-state index contributed by atoms with van der Waals surface area (Å²) in [5, 5.41) is 0. The van der Waals surface area contributed by atoms with E-state index in [2.05, 4.69) is 9.98 Å². The molecule has 0 aromatic carbocycles. The van der Waals surface area contributed by atoms with Crippen molar-refractivity contribution in [1.82, 2.24) is 4.98 Å². The molecule has 0 radical (unpaired) electrons. The first-order chi connectivity index (χ1) is 5.66. The molecule has 1 aromatic heterocycles. The second-order valence-corrected chi connectivity index (χ2v) is 2.57. The molecule has 0 atom stereocenters. The molecule has 0 aliphatic carbocycles. The van der Waals surface area contributed by atoms with E-state index in [1.165, 1.54) is 0 Å². The molecular formula is C7H7N3O2. The topological polar surface area (TPSA) is 81.5 Å². The van der Waals surface area contributed by atoms with Crippen molar-refractivity contribution in [2.75, 3.05) is 0 Å². The van der Waals surface area contributed by atoms with E-state index < -0.39 is 0 Å². The molecule has 0 fully saturated rings. The largest absolute Gasteiger partial charge is 0.445 e. The highest BCUT2D eigenvalue weighted by atomic mass is 16.4. The van der Waals surface area contributed by atoms with Crippen molar-refractivity contribution in [2.45, 2.75) is 13.3 Å². The molecule has 2 N–H and O–H groups in total. The van der Waals surface area contributed by atoms with Crippen LogP contribution in [0.1, 0.15) is 17.3 Å². The highest BCUT2D eigenvalue weighted by Gasteiger charge is 2.22. The lowest BCUT2D eigenvalue weighted by Crippen LogP contribution is -2.23. The molecule has 1 amide bonds. The van der Waals surface area contributed by atoms with Crippen LogP contribution in [0.15, 0.2) is 9.41 Å². The quantitative estimate of drug-likeness (QED) is 0.575. The zero-order valence-corrected chi connectivity index (χ0v) is 6.50. The first-order valence-electron chi connectivity index (χ1n) is 3.50. The van der Waals surface area contributed by atoms with Crippen LogP contribution in [0.4, 0.5) is 0 Å². The number of aliphatic imine (C=N–C) groups is 1. The molecule has 0 saturated carbocycles. The number of rotatable bonds is 0. The molecule has 0 saturated heterocycles. The number of nitrogens with two attached hydrogens (primary N) is 1. The summed E-state index contributed by atoms with van der Waals surface area (Å²) in [5.41, 5.74) is 5.96. The van der Waals surface area contributed by atoms with Gasteiger partial charge in [-0.05, 0) is 0 Å². The van der Waals surface area contributed by atoms with Gasteiger partial charge in [0.2, 0.25) is 0 Å². The predicted octanol–water partition coefficient (Wildman–Crippen LogP) is -0.229. The van der Waals surface area contributed by atoms with E-state index in [0.29, 0.717) is 17.3 Å². The van der Waals surface area contributed by atoms with Crippen molar-refractivity contribution in [3.63, 3.8) is 0 Å². The molecule has 0 bridgehead atoms. The molecule has 0 spiro atoms. The molecule has 1 aliphatic rings. The van der Waals surface area contributed by atoms with Crippen LogP contribution in [-0.4, -0.2) is 16.7 Å². The number of fused-ring (bicyclic) bond motifs is 1. The minimum Gasteiger partial charge on any atom is -0.445 e. The van der Waals surface area contributed by atoms with Gasteiger partial charge in [0.25, 0.3) is 5.91 Å². The average Bonchev–Trinajstić information content (AvgIpc) is 2.29. The van der Waals surface area contributed by atoms with Gasteiger partial charge >= 0.3 is 0 Å². The number of carbonyl (C=O) groups is 1. The Hall–Kier alpha value is -1.65. The maximum absolute atomic E-state index is 10.9. The lowest BCUT2D eigenvalue weighted by atomic mass is 10.2. The number of carbonyl (C=O) groups excluding carboxylic acids is 1. The van der Waals surface area contributed by atoms with E-state index in [0.717, 1.165) is 0 Å². The summed E-state index contributed by atoms with van der Waals surface area (Å²) in [7, 11) is 0. The highest BCUT2D eigenvalue weighted by Crippen LogP contribution is 2.15. The van der Waals surface area contributed by atoms with Gasteiger partial charge in [-0.15, -0.1) is 0 Å². The Bertz CT molecular complexity index is 378. The zero-order valence-electron chi connectivity index (χ0n) is 6.50. The molecule has 5 heteroatoms. The second-order valence-electron chi connectivity index (χ2n) is 2.57. The molecular weight excluding hydrogens is 158 g/mol. The van der Waals surface area contributed by atoms with Gasteiger partial charge in [0.05, 0.1) is 6.42 Å². The Labute approximate surface area is 68.3 Å². The Morgan fingerprint density at radius 3 is 3.08 bits per heavy atom. The predicted molar refractivity (Wildman–Crippen MR) is 40.7 cm³/mol. The summed E-state index contributed by atoms with van der Waals surface area (Å²) in [5.74, 6) is 0.895. The van der Waals surface area contributed by atoms with E-state index in [4.69, 9.17) is 10.2 Å². The number of amidine groups is 1. The molecule has 0 unspecified atom stereocenters. The van der Waals surface area contributed by atoms with Crippen molar-refractivity contribution in [3.05, 3.63) is 17.3 Å². The maximum Gasteiger partial charge on any atom is 0.255 e. The third kappa shape index (κ3) is 0.903. The van der Waals surface area contributed by atoms with Gasteiger partial charge in [-0.1, -0.05) is 0 Å². The third-order valence-electron chi connectivity index (χ3n) is 1.60. The number of nitrogens with zero attached hydrogens (tertiary/aromatic N) is 2. The Morgan fingerprint density at radius 2 is 2.33 bits per heavy atom. The summed E-state index contributed by atoms with van der Waals surface area (Å²) in [6, 6.07) is 0. The van der Waals surface area contributed by atoms with E-state index in [1.807, 2.05) is 0 Å². The number of aryl methyl sites for hydroxylation is 1. The van der Waals surface area contributed by atoms with Crippen LogP contribution in [0, 0.1) is 6.92 Å². The summed E-state index contributed by atoms with van der Waals surface area (Å²) >= 11 is 0. The second kappa shape index (κ2) is 2.17. The third-order valence-corrected chi connectivity index (χ3v) is 1.60. The molecule has 12 heavy (non-hydrogen) atoms. The van der Waals surface area contributed by atoms with Crippen molar-refractivity contribution < 1.29 is 9.21 Å². The Kier molecular flexibility index (Phi) is 1.27. The fourth-order valence-electron chi connectivity index (χ4n) is 1.15. The summed E-state index contributed by atoms with van der Waals surface area (Å²) in [4.78, 5) is 18.5. The first-order valence-corrected chi connectivity index (χ1v) is 3.50. The first kappa shape index (κ1) is 7.02. The molecule has 1 aromatic rings. The standard InChI is InChI=1S/C7H7N3O2/c1-3-9-6-4(12-3)2-5(11)10-7(6)8/h2H2,1H3,(H2,8,10,11). The average molecular weight is 165 g/mol. The van der Waals surface area contributed by atoms with Crippen LogP contribution < -0.4 is 5.73 Å². The van der Waals surface area contributed by atoms with E-state index >= 15 is 0 Å². The number of amides is 1. The normalized spacial score (nSPS) is 15.8. The van der Waals surface area contributed by atoms with Gasteiger partial charge in [-0.2, -0.15) is 4.99 Å². The molecule has 2 heterocycles. The molecule has 5 nitrogen and oxygen atoms in total. The van der Waals surface area contributed by atoms with Crippen LogP contribution in [-0.2, 0) is 11.2 Å². The summed E-state index contributed by atoms with van der Waals surface area (Å²) < 4.78 is 5.15. The van der Waals surface area contributed by atoms with Crippen molar-refractivity contribution in [3.8, 4) is 0 Å². The van der Waals surface area contributed by atoms with Crippen LogP contribution in [0.2, 0.25) is 0 Å². The lowest BCUT2D eigenvalue weighted by molar-refractivity contribution is -0.117. The van der Waals surface area contributed by atoms with Gasteiger partial charge in [-0.3, -0.25) is 4.79 Å². The van der Waals surface area contributed by atoms with Crippen molar-refractivity contribution in [1.29, 1.82) is 0 Å². The van der Waals surface area contributed by atoms with E-state index in [-0.39, 0.29) is 18.2 Å². The summed E-state index contributed by atoms with van der Waals surface area (Å²) in [6.45, 7) is 1.70. The Balaban J connectivity index is 2.58. The zero-order chi connectivity index (χ0) is 8.72. The number of oxazole rings is 1. The van der Waals surface area contributed by atoms with E-state index in [1.54, 1.807) is 6.92 Å². The lowest BCUT2D eigenvalue weighted by Gasteiger charge is -2.03. The van der Waals surface area contributed by atoms with Crippen LogP contribution in [0.25, 0.3) is 0 Å². The van der Waals surface area contributed by atoms with Crippen LogP contribution >= 0.6 is 0 Å². The summed E-state index contributed by atoms with van der Waals surface area (Å²) in [6.07, 6.45) is 0.164. The Morgan fingerprint density at radius 1 is 1.58 bits per heavy atom. The van der Waals surface area contributed by atoms with Gasteiger partial charge in [-0.25, -0.2) is 4.98 Å². The van der Waals surface area contributed by atoms with Crippen molar-refractivity contribution in [2.24, 2.45) is 10.7 Å². The van der Waals surface area contributed by atoms with Gasteiger partial charge in [0.1, 0.15) is 11.5 Å². The monoisotopic (exact) mass is 165 g/mol. The van der Waals surface area contributed by atoms with Gasteiger partial charge < -0.3 is 10.2 Å². The number of aromatic nitrogens is 1. The van der Waals surface area contributed by atoms with Crippen molar-refractivity contribution >= 4 is 11.7 Å². The molecule has 2 rings (SSSR count). The van der Waals surface area contributed by atoms with E-state index in [9.17, 15) is 4.79 Å².